The number of aryl methyl sites for hydroxylation is 1. The van der Waals surface area contributed by atoms with Crippen molar-refractivity contribution in [2.24, 2.45) is 0 Å². The number of halogens is 3. The van der Waals surface area contributed by atoms with E-state index in [1.54, 1.807) is 12.4 Å². The molecule has 0 aliphatic heterocycles. The molecule has 0 amide bonds. The Morgan fingerprint density at radius 3 is 2.78 bits per heavy atom. The molecule has 1 N–H and O–H groups in total. The minimum atomic E-state index is -4.23. The smallest absolute Gasteiger partial charge is 0.348 e. The zero-order valence-electron chi connectivity index (χ0n) is 9.75. The Balaban J connectivity index is 2.10. The summed E-state index contributed by atoms with van der Waals surface area (Å²) in [6, 6.07) is 1.84. The second kappa shape index (κ2) is 4.80. The van der Waals surface area contributed by atoms with Crippen LogP contribution in [-0.4, -0.2) is 21.1 Å². The van der Waals surface area contributed by atoms with Crippen LogP contribution in [0.15, 0.2) is 24.7 Å². The van der Waals surface area contributed by atoms with Crippen LogP contribution in [0.1, 0.15) is 22.6 Å². The van der Waals surface area contributed by atoms with Gasteiger partial charge in [-0.2, -0.15) is 13.2 Å². The maximum atomic E-state index is 12.2. The minimum absolute atomic E-state index is 0.0517. The fourth-order valence-electron chi connectivity index (χ4n) is 1.67. The predicted octanol–water partition coefficient (Wildman–Crippen LogP) is 2.81. The summed E-state index contributed by atoms with van der Waals surface area (Å²) in [6.45, 7) is 1.91. The van der Waals surface area contributed by atoms with Crippen molar-refractivity contribution in [3.63, 3.8) is 0 Å². The summed E-state index contributed by atoms with van der Waals surface area (Å²) in [5.74, 6) is -0.0517. The number of hydrogen-bond donors (Lipinski definition) is 1. The lowest BCUT2D eigenvalue weighted by molar-refractivity contribution is -0.128. The van der Waals surface area contributed by atoms with Crippen molar-refractivity contribution in [1.29, 1.82) is 0 Å². The molecule has 0 unspecified atom stereocenters. The monoisotopic (exact) mass is 255 g/mol. The Morgan fingerprint density at radius 1 is 1.33 bits per heavy atom. The summed E-state index contributed by atoms with van der Waals surface area (Å²) in [5.41, 5.74) is 2.61. The van der Waals surface area contributed by atoms with E-state index < -0.39 is 12.6 Å². The van der Waals surface area contributed by atoms with Crippen molar-refractivity contribution in [2.75, 3.05) is 0 Å². The third-order valence-electron chi connectivity index (χ3n) is 2.56. The molecule has 3 nitrogen and oxygen atoms in total. The fraction of sp³-hybridized carbons (Fsp3) is 0.333. The van der Waals surface area contributed by atoms with Crippen molar-refractivity contribution in [2.45, 2.75) is 25.9 Å². The Hall–Kier alpha value is -1.85. The standard InChI is InChI=1S/C12H12F3N3/c1-8-6-16-3-2-9(8)4-10-7-17-11(18-10)5-12(13,14)15/h2-3,6-7H,4-5H2,1H3,(H,17,18). The number of imidazole rings is 1. The number of H-pyrrole nitrogens is 1. The van der Waals surface area contributed by atoms with Gasteiger partial charge in [0.15, 0.2) is 0 Å². The number of pyridine rings is 1. The van der Waals surface area contributed by atoms with Crippen molar-refractivity contribution < 1.29 is 13.2 Å². The van der Waals surface area contributed by atoms with E-state index in [0.29, 0.717) is 12.1 Å². The highest BCUT2D eigenvalue weighted by Gasteiger charge is 2.29. The second-order valence-corrected chi connectivity index (χ2v) is 4.11. The Kier molecular flexibility index (Phi) is 3.36. The van der Waals surface area contributed by atoms with E-state index in [2.05, 4.69) is 15.0 Å². The molecule has 0 saturated heterocycles. The maximum Gasteiger partial charge on any atom is 0.396 e. The van der Waals surface area contributed by atoms with Crippen LogP contribution in [0.3, 0.4) is 0 Å². The molecule has 0 aliphatic carbocycles. The van der Waals surface area contributed by atoms with Crippen molar-refractivity contribution >= 4 is 0 Å². The molecule has 0 aromatic carbocycles. The van der Waals surface area contributed by atoms with E-state index in [1.807, 2.05) is 13.0 Å². The van der Waals surface area contributed by atoms with Crippen LogP contribution >= 0.6 is 0 Å². The number of aromatic amines is 1. The molecule has 2 heterocycles. The lowest BCUT2D eigenvalue weighted by Gasteiger charge is -2.03. The number of hydrogen-bond acceptors (Lipinski definition) is 2. The number of alkyl halides is 3. The normalized spacial score (nSPS) is 11.8. The number of rotatable bonds is 3. The molecule has 2 aromatic rings. The summed E-state index contributed by atoms with van der Waals surface area (Å²) in [4.78, 5) is 10.5. The van der Waals surface area contributed by atoms with Gasteiger partial charge in [-0.1, -0.05) is 0 Å². The first kappa shape index (κ1) is 12.6. The average molecular weight is 255 g/mol. The topological polar surface area (TPSA) is 41.6 Å². The van der Waals surface area contributed by atoms with Crippen LogP contribution in [0.4, 0.5) is 13.2 Å². The van der Waals surface area contributed by atoms with E-state index in [9.17, 15) is 13.2 Å². The summed E-state index contributed by atoms with van der Waals surface area (Å²) in [7, 11) is 0. The zero-order chi connectivity index (χ0) is 13.2. The largest absolute Gasteiger partial charge is 0.396 e. The van der Waals surface area contributed by atoms with Gasteiger partial charge in [-0.05, 0) is 24.1 Å². The van der Waals surface area contributed by atoms with Crippen LogP contribution < -0.4 is 0 Å². The first-order chi connectivity index (χ1) is 8.44. The number of nitrogens with zero attached hydrogens (tertiary/aromatic N) is 2. The highest BCUT2D eigenvalue weighted by molar-refractivity contribution is 5.26. The molecule has 0 fully saturated rings. The Morgan fingerprint density at radius 2 is 2.11 bits per heavy atom. The van der Waals surface area contributed by atoms with Crippen LogP contribution in [-0.2, 0) is 12.8 Å². The van der Waals surface area contributed by atoms with Gasteiger partial charge in [0.05, 0.1) is 5.69 Å². The highest BCUT2D eigenvalue weighted by atomic mass is 19.4. The molecular weight excluding hydrogens is 243 g/mol. The average Bonchev–Trinajstić information content (AvgIpc) is 2.66. The van der Waals surface area contributed by atoms with Gasteiger partial charge in [0, 0.05) is 25.0 Å². The predicted molar refractivity (Wildman–Crippen MR) is 60.1 cm³/mol. The molecule has 2 aromatic heterocycles. The molecule has 0 radical (unpaired) electrons. The lowest BCUT2D eigenvalue weighted by atomic mass is 10.1. The molecule has 0 saturated carbocycles. The molecule has 18 heavy (non-hydrogen) atoms. The lowest BCUT2D eigenvalue weighted by Crippen LogP contribution is -2.12. The van der Waals surface area contributed by atoms with E-state index in [1.165, 1.54) is 6.20 Å². The zero-order valence-corrected chi connectivity index (χ0v) is 9.75. The molecule has 96 valence electrons. The van der Waals surface area contributed by atoms with Crippen molar-refractivity contribution in [3.05, 3.63) is 47.3 Å². The Bertz CT molecular complexity index is 531. The van der Waals surface area contributed by atoms with Gasteiger partial charge in [0.2, 0.25) is 0 Å². The summed E-state index contributed by atoms with van der Waals surface area (Å²) in [6.07, 6.45) is 0.137. The molecule has 0 spiro atoms. The summed E-state index contributed by atoms with van der Waals surface area (Å²) >= 11 is 0. The fourth-order valence-corrected chi connectivity index (χ4v) is 1.67. The van der Waals surface area contributed by atoms with E-state index in [0.717, 1.165) is 11.1 Å². The minimum Gasteiger partial charge on any atom is -0.348 e. The van der Waals surface area contributed by atoms with Crippen LogP contribution in [0.5, 0.6) is 0 Å². The quantitative estimate of drug-likeness (QED) is 0.916. The van der Waals surface area contributed by atoms with Crippen molar-refractivity contribution in [3.8, 4) is 0 Å². The molecule has 0 aliphatic rings. The molecule has 6 heteroatoms. The Labute approximate surface area is 102 Å². The maximum absolute atomic E-state index is 12.2. The van der Waals surface area contributed by atoms with Gasteiger partial charge in [0.1, 0.15) is 12.2 Å². The van der Waals surface area contributed by atoms with Crippen LogP contribution in [0.2, 0.25) is 0 Å². The number of nitrogens with one attached hydrogen (secondary N) is 1. The molecular formula is C12H12F3N3. The summed E-state index contributed by atoms with van der Waals surface area (Å²) < 4.78 is 36.5. The van der Waals surface area contributed by atoms with Gasteiger partial charge < -0.3 is 4.98 Å². The number of aromatic nitrogens is 3. The second-order valence-electron chi connectivity index (χ2n) is 4.11. The molecule has 0 bridgehead atoms. The first-order valence-electron chi connectivity index (χ1n) is 5.43. The third-order valence-corrected chi connectivity index (χ3v) is 2.56. The molecule has 0 atom stereocenters. The van der Waals surface area contributed by atoms with E-state index in [4.69, 9.17) is 0 Å². The van der Waals surface area contributed by atoms with Gasteiger partial charge in [-0.25, -0.2) is 4.98 Å². The van der Waals surface area contributed by atoms with Crippen LogP contribution in [0, 0.1) is 6.92 Å². The van der Waals surface area contributed by atoms with E-state index in [-0.39, 0.29) is 5.82 Å². The van der Waals surface area contributed by atoms with E-state index >= 15 is 0 Å². The van der Waals surface area contributed by atoms with Gasteiger partial charge in [0.25, 0.3) is 0 Å². The van der Waals surface area contributed by atoms with Gasteiger partial charge in [-0.15, -0.1) is 0 Å². The SMILES string of the molecule is Cc1cnccc1Cc1c[nH]c(CC(F)(F)F)n1. The summed E-state index contributed by atoms with van der Waals surface area (Å²) in [5, 5.41) is 0. The first-order valence-corrected chi connectivity index (χ1v) is 5.43. The third kappa shape index (κ3) is 3.32. The van der Waals surface area contributed by atoms with Gasteiger partial charge in [-0.3, -0.25) is 4.98 Å². The highest BCUT2D eigenvalue weighted by Crippen LogP contribution is 2.20. The van der Waals surface area contributed by atoms with Gasteiger partial charge >= 0.3 is 6.18 Å². The molecule has 2 rings (SSSR count). The van der Waals surface area contributed by atoms with Crippen molar-refractivity contribution in [1.82, 2.24) is 15.0 Å². The van der Waals surface area contributed by atoms with Crippen LogP contribution in [0.25, 0.3) is 0 Å².